The molecule has 1 aromatic carbocycles. The van der Waals surface area contributed by atoms with Crippen LogP contribution in [0.15, 0.2) is 28.1 Å². The molecule has 4 rings (SSSR count). The average molecular weight is 379 g/mol. The van der Waals surface area contributed by atoms with E-state index < -0.39 is 0 Å². The Hall–Kier alpha value is -0.910. The minimum absolute atomic E-state index is 0.433. The van der Waals surface area contributed by atoms with E-state index in [1.807, 2.05) is 11.3 Å². The number of halogens is 1. The highest BCUT2D eigenvalue weighted by Crippen LogP contribution is 2.39. The summed E-state index contributed by atoms with van der Waals surface area (Å²) < 4.78 is 2.51. The Morgan fingerprint density at radius 2 is 2.19 bits per heavy atom. The number of nitrogens with one attached hydrogen (secondary N) is 1. The van der Waals surface area contributed by atoms with Crippen LogP contribution in [0.5, 0.6) is 0 Å². The molecule has 0 radical (unpaired) electrons. The molecule has 1 atom stereocenters. The lowest BCUT2D eigenvalue weighted by Gasteiger charge is -2.24. The highest BCUT2D eigenvalue weighted by Gasteiger charge is 2.22. The minimum atomic E-state index is 0.433. The van der Waals surface area contributed by atoms with Gasteiger partial charge in [-0.05, 0) is 71.9 Å². The molecule has 1 unspecified atom stereocenters. The smallest absolute Gasteiger partial charge is 0.0907 e. The van der Waals surface area contributed by atoms with Gasteiger partial charge in [0, 0.05) is 10.6 Å². The van der Waals surface area contributed by atoms with Crippen LogP contribution in [0, 0.1) is 6.92 Å². The summed E-state index contributed by atoms with van der Waals surface area (Å²) in [5.41, 5.74) is 3.77. The summed E-state index contributed by atoms with van der Waals surface area (Å²) in [5.74, 6) is 0. The standard InChI is InChI=1S/C16H15BrN2S2/c1-9-18-13-6-5-10(7-15(13)20-9)19-12-3-2-4-14-11(12)8-16(17)21-14/h5-8,12,19H,2-4H2,1H3. The number of rotatable bonds is 2. The molecule has 0 spiro atoms. The Morgan fingerprint density at radius 3 is 3.10 bits per heavy atom. The van der Waals surface area contributed by atoms with Crippen LogP contribution in [-0.4, -0.2) is 4.98 Å². The molecule has 2 heterocycles. The molecule has 1 N–H and O–H groups in total. The van der Waals surface area contributed by atoms with E-state index in [0.717, 1.165) is 10.5 Å². The molecule has 3 aromatic rings. The van der Waals surface area contributed by atoms with Gasteiger partial charge in [0.2, 0.25) is 0 Å². The summed E-state index contributed by atoms with van der Waals surface area (Å²) in [5, 5.41) is 4.85. The van der Waals surface area contributed by atoms with Gasteiger partial charge in [-0.25, -0.2) is 4.98 Å². The van der Waals surface area contributed by atoms with Crippen molar-refractivity contribution in [3.8, 4) is 0 Å². The zero-order valence-electron chi connectivity index (χ0n) is 11.6. The zero-order valence-corrected chi connectivity index (χ0v) is 14.9. The molecule has 0 saturated carbocycles. The summed E-state index contributed by atoms with van der Waals surface area (Å²) in [7, 11) is 0. The van der Waals surface area contributed by atoms with Crippen molar-refractivity contribution in [3.63, 3.8) is 0 Å². The van der Waals surface area contributed by atoms with E-state index in [1.165, 1.54) is 43.9 Å². The zero-order chi connectivity index (χ0) is 14.4. The molecule has 1 aliphatic carbocycles. The predicted octanol–water partition coefficient (Wildman–Crippen LogP) is 5.92. The lowest BCUT2D eigenvalue weighted by Crippen LogP contribution is -2.15. The number of hydrogen-bond donors (Lipinski definition) is 1. The van der Waals surface area contributed by atoms with Crippen LogP contribution in [-0.2, 0) is 6.42 Å². The number of anilines is 1. The lowest BCUT2D eigenvalue weighted by atomic mass is 9.94. The fourth-order valence-electron chi connectivity index (χ4n) is 3.00. The largest absolute Gasteiger partial charge is 0.378 e. The van der Waals surface area contributed by atoms with Crippen LogP contribution in [0.25, 0.3) is 10.2 Å². The van der Waals surface area contributed by atoms with Gasteiger partial charge in [-0.15, -0.1) is 22.7 Å². The summed E-state index contributed by atoms with van der Waals surface area (Å²) in [6.45, 7) is 2.06. The fourth-order valence-corrected chi connectivity index (χ4v) is 5.69. The minimum Gasteiger partial charge on any atom is -0.378 e. The van der Waals surface area contributed by atoms with Crippen LogP contribution in [0.1, 0.15) is 34.3 Å². The molecule has 5 heteroatoms. The van der Waals surface area contributed by atoms with E-state index in [9.17, 15) is 0 Å². The molecule has 21 heavy (non-hydrogen) atoms. The maximum Gasteiger partial charge on any atom is 0.0907 e. The van der Waals surface area contributed by atoms with Gasteiger partial charge < -0.3 is 5.32 Å². The average Bonchev–Trinajstić information content (AvgIpc) is 2.99. The maximum absolute atomic E-state index is 4.53. The Balaban J connectivity index is 1.65. The molecule has 2 nitrogen and oxygen atoms in total. The Bertz CT molecular complexity index is 806. The van der Waals surface area contributed by atoms with E-state index >= 15 is 0 Å². The number of nitrogens with zero attached hydrogens (tertiary/aromatic N) is 1. The molecule has 108 valence electrons. The van der Waals surface area contributed by atoms with Crippen molar-refractivity contribution in [2.45, 2.75) is 32.2 Å². The van der Waals surface area contributed by atoms with Crippen LogP contribution in [0.3, 0.4) is 0 Å². The van der Waals surface area contributed by atoms with E-state index in [2.05, 4.69) is 57.4 Å². The normalized spacial score (nSPS) is 17.9. The summed E-state index contributed by atoms with van der Waals surface area (Å²) in [6, 6.07) is 9.22. The third-order valence-electron chi connectivity index (χ3n) is 3.92. The highest BCUT2D eigenvalue weighted by atomic mass is 79.9. The van der Waals surface area contributed by atoms with Gasteiger partial charge in [0.1, 0.15) is 0 Å². The van der Waals surface area contributed by atoms with Gasteiger partial charge in [-0.3, -0.25) is 0 Å². The van der Waals surface area contributed by atoms with Crippen LogP contribution >= 0.6 is 38.6 Å². The quantitative estimate of drug-likeness (QED) is 0.598. The number of thiophene rings is 1. The van der Waals surface area contributed by atoms with Crippen LogP contribution in [0.2, 0.25) is 0 Å². The van der Waals surface area contributed by atoms with Crippen molar-refractivity contribution >= 4 is 54.5 Å². The highest BCUT2D eigenvalue weighted by molar-refractivity contribution is 9.11. The number of thiazole rings is 1. The van der Waals surface area contributed by atoms with Gasteiger partial charge in [0.05, 0.1) is 25.1 Å². The van der Waals surface area contributed by atoms with Crippen LogP contribution in [0.4, 0.5) is 5.69 Å². The first kappa shape index (κ1) is 13.7. The first-order valence-electron chi connectivity index (χ1n) is 7.11. The summed E-state index contributed by atoms with van der Waals surface area (Å²) >= 11 is 7.27. The van der Waals surface area contributed by atoms with Crippen LogP contribution < -0.4 is 5.32 Å². The third-order valence-corrected chi connectivity index (χ3v) is 6.57. The number of fused-ring (bicyclic) bond motifs is 2. The third kappa shape index (κ3) is 2.62. The molecule has 2 aromatic heterocycles. The SMILES string of the molecule is Cc1nc2ccc(NC3CCCc4sc(Br)cc43)cc2s1. The molecule has 0 amide bonds. The van der Waals surface area contributed by atoms with Crippen molar-refractivity contribution in [1.82, 2.24) is 4.98 Å². The number of aromatic nitrogens is 1. The molecule has 0 bridgehead atoms. The number of aryl methyl sites for hydroxylation is 2. The Labute approximate surface area is 140 Å². The summed E-state index contributed by atoms with van der Waals surface area (Å²) in [4.78, 5) is 6.05. The second kappa shape index (κ2) is 5.38. The first-order valence-corrected chi connectivity index (χ1v) is 9.53. The van der Waals surface area contributed by atoms with Crippen molar-refractivity contribution in [2.24, 2.45) is 0 Å². The Kier molecular flexibility index (Phi) is 3.52. The topological polar surface area (TPSA) is 24.9 Å². The number of benzene rings is 1. The fraction of sp³-hybridized carbons (Fsp3) is 0.312. The van der Waals surface area contributed by atoms with Crippen molar-refractivity contribution in [3.05, 3.63) is 43.5 Å². The predicted molar refractivity (Wildman–Crippen MR) is 95.7 cm³/mol. The molecule has 0 saturated heterocycles. The second-order valence-corrected chi connectivity index (χ2v) is 9.18. The van der Waals surface area contributed by atoms with Crippen molar-refractivity contribution in [1.29, 1.82) is 0 Å². The maximum atomic E-state index is 4.53. The molecule has 1 aliphatic rings. The summed E-state index contributed by atoms with van der Waals surface area (Å²) in [6.07, 6.45) is 3.69. The van der Waals surface area contributed by atoms with E-state index in [1.54, 1.807) is 11.3 Å². The van der Waals surface area contributed by atoms with Gasteiger partial charge >= 0.3 is 0 Å². The van der Waals surface area contributed by atoms with Gasteiger partial charge in [-0.1, -0.05) is 0 Å². The molecule has 0 aliphatic heterocycles. The number of hydrogen-bond acceptors (Lipinski definition) is 4. The van der Waals surface area contributed by atoms with Gasteiger partial charge in [0.15, 0.2) is 0 Å². The molecule has 0 fully saturated rings. The van der Waals surface area contributed by atoms with Crippen molar-refractivity contribution in [2.75, 3.05) is 5.32 Å². The van der Waals surface area contributed by atoms with E-state index in [-0.39, 0.29) is 0 Å². The van der Waals surface area contributed by atoms with Crippen molar-refractivity contribution < 1.29 is 0 Å². The molecular formula is C16H15BrN2S2. The van der Waals surface area contributed by atoms with Gasteiger partial charge in [0.25, 0.3) is 0 Å². The second-order valence-electron chi connectivity index (χ2n) is 5.43. The van der Waals surface area contributed by atoms with Gasteiger partial charge in [-0.2, -0.15) is 0 Å². The Morgan fingerprint density at radius 1 is 1.29 bits per heavy atom. The van der Waals surface area contributed by atoms with E-state index in [0.29, 0.717) is 6.04 Å². The lowest BCUT2D eigenvalue weighted by molar-refractivity contribution is 0.609. The monoisotopic (exact) mass is 378 g/mol. The van der Waals surface area contributed by atoms with E-state index in [4.69, 9.17) is 0 Å². The first-order chi connectivity index (χ1) is 10.2. The molecular weight excluding hydrogens is 364 g/mol.